The van der Waals surface area contributed by atoms with Crippen LogP contribution in [0.25, 0.3) is 0 Å². The number of rotatable bonds is 6. The van der Waals surface area contributed by atoms with Crippen molar-refractivity contribution in [3.63, 3.8) is 0 Å². The molecule has 4 heteroatoms. The highest BCUT2D eigenvalue weighted by Crippen LogP contribution is 2.26. The Labute approximate surface area is 98.0 Å². The van der Waals surface area contributed by atoms with Gasteiger partial charge in [0.15, 0.2) is 0 Å². The molecule has 0 fully saturated rings. The summed E-state index contributed by atoms with van der Waals surface area (Å²) in [6.45, 7) is 7.27. The van der Waals surface area contributed by atoms with E-state index in [1.807, 2.05) is 24.0 Å². The fourth-order valence-electron chi connectivity index (χ4n) is 1.71. The molecule has 0 aliphatic heterocycles. The Morgan fingerprint density at radius 1 is 1.56 bits per heavy atom. The SMILES string of the molecule is CCCNC(c1nccn1C)C(C)(C)OC. The first-order chi connectivity index (χ1) is 7.53. The van der Waals surface area contributed by atoms with E-state index in [4.69, 9.17) is 4.74 Å². The first kappa shape index (κ1) is 13.2. The molecular weight excluding hydrogens is 202 g/mol. The number of nitrogens with one attached hydrogen (secondary N) is 1. The topological polar surface area (TPSA) is 39.1 Å². The number of imidazole rings is 1. The van der Waals surface area contributed by atoms with Crippen molar-refractivity contribution >= 4 is 0 Å². The molecule has 0 saturated carbocycles. The van der Waals surface area contributed by atoms with Crippen molar-refractivity contribution in [2.45, 2.75) is 38.8 Å². The molecule has 1 unspecified atom stereocenters. The molecule has 0 aliphatic rings. The van der Waals surface area contributed by atoms with Gasteiger partial charge in [0.2, 0.25) is 0 Å². The van der Waals surface area contributed by atoms with E-state index in [-0.39, 0.29) is 11.6 Å². The highest BCUT2D eigenvalue weighted by molar-refractivity contribution is 5.05. The van der Waals surface area contributed by atoms with Crippen molar-refractivity contribution < 1.29 is 4.74 Å². The molecule has 0 aromatic carbocycles. The van der Waals surface area contributed by atoms with Crippen molar-refractivity contribution in [1.82, 2.24) is 14.9 Å². The van der Waals surface area contributed by atoms with Gasteiger partial charge in [-0.1, -0.05) is 6.92 Å². The zero-order valence-corrected chi connectivity index (χ0v) is 10.9. The third-order valence-electron chi connectivity index (χ3n) is 2.94. The highest BCUT2D eigenvalue weighted by Gasteiger charge is 2.32. The molecule has 4 nitrogen and oxygen atoms in total. The average molecular weight is 225 g/mol. The quantitative estimate of drug-likeness (QED) is 0.803. The number of aryl methyl sites for hydroxylation is 1. The smallest absolute Gasteiger partial charge is 0.128 e. The number of hydrogen-bond donors (Lipinski definition) is 1. The summed E-state index contributed by atoms with van der Waals surface area (Å²) in [7, 11) is 3.75. The van der Waals surface area contributed by atoms with Crippen molar-refractivity contribution in [1.29, 1.82) is 0 Å². The Balaban J connectivity index is 2.92. The van der Waals surface area contributed by atoms with Crippen LogP contribution >= 0.6 is 0 Å². The lowest BCUT2D eigenvalue weighted by atomic mass is 9.97. The summed E-state index contributed by atoms with van der Waals surface area (Å²) in [6, 6.07) is 0.109. The summed E-state index contributed by atoms with van der Waals surface area (Å²) in [5.74, 6) is 1.01. The third-order valence-corrected chi connectivity index (χ3v) is 2.94. The van der Waals surface area contributed by atoms with Gasteiger partial charge in [-0.05, 0) is 26.8 Å². The van der Waals surface area contributed by atoms with Crippen molar-refractivity contribution in [2.75, 3.05) is 13.7 Å². The van der Waals surface area contributed by atoms with E-state index in [1.165, 1.54) is 0 Å². The molecule has 0 bridgehead atoms. The van der Waals surface area contributed by atoms with Crippen LogP contribution in [-0.4, -0.2) is 28.8 Å². The molecule has 92 valence electrons. The lowest BCUT2D eigenvalue weighted by Gasteiger charge is -2.33. The zero-order chi connectivity index (χ0) is 12.2. The van der Waals surface area contributed by atoms with E-state index in [1.54, 1.807) is 7.11 Å². The minimum atomic E-state index is -0.270. The van der Waals surface area contributed by atoms with Crippen molar-refractivity contribution in [3.05, 3.63) is 18.2 Å². The second-order valence-electron chi connectivity index (χ2n) is 4.59. The molecule has 0 radical (unpaired) electrons. The van der Waals surface area contributed by atoms with Crippen LogP contribution in [0.1, 0.15) is 39.1 Å². The van der Waals surface area contributed by atoms with Crippen LogP contribution < -0.4 is 5.32 Å². The Morgan fingerprint density at radius 3 is 2.69 bits per heavy atom. The molecule has 1 rings (SSSR count). The maximum absolute atomic E-state index is 5.56. The van der Waals surface area contributed by atoms with Gasteiger partial charge in [0.1, 0.15) is 5.82 Å². The van der Waals surface area contributed by atoms with Crippen LogP contribution in [0, 0.1) is 0 Å². The van der Waals surface area contributed by atoms with Gasteiger partial charge in [0.05, 0.1) is 11.6 Å². The van der Waals surface area contributed by atoms with Crippen LogP contribution in [0.5, 0.6) is 0 Å². The van der Waals surface area contributed by atoms with Crippen LogP contribution in [0.4, 0.5) is 0 Å². The van der Waals surface area contributed by atoms with E-state index >= 15 is 0 Å². The fourth-order valence-corrected chi connectivity index (χ4v) is 1.71. The summed E-state index contributed by atoms with van der Waals surface area (Å²) in [6.07, 6.45) is 4.88. The third kappa shape index (κ3) is 2.83. The van der Waals surface area contributed by atoms with E-state index in [0.717, 1.165) is 18.8 Å². The average Bonchev–Trinajstić information content (AvgIpc) is 2.65. The van der Waals surface area contributed by atoms with Gasteiger partial charge in [-0.25, -0.2) is 4.98 Å². The van der Waals surface area contributed by atoms with Crippen LogP contribution in [0.3, 0.4) is 0 Å². The Hall–Kier alpha value is -0.870. The number of ether oxygens (including phenoxy) is 1. The van der Waals surface area contributed by atoms with Gasteiger partial charge in [0, 0.05) is 26.6 Å². The molecule has 0 amide bonds. The number of hydrogen-bond acceptors (Lipinski definition) is 3. The van der Waals surface area contributed by atoms with Gasteiger partial charge in [-0.2, -0.15) is 0 Å². The first-order valence-corrected chi connectivity index (χ1v) is 5.78. The lowest BCUT2D eigenvalue weighted by Crippen LogP contribution is -2.42. The molecule has 1 aromatic rings. The van der Waals surface area contributed by atoms with E-state index < -0.39 is 0 Å². The monoisotopic (exact) mass is 225 g/mol. The summed E-state index contributed by atoms with van der Waals surface area (Å²) >= 11 is 0. The molecule has 0 spiro atoms. The molecule has 1 N–H and O–H groups in total. The Kier molecular flexibility index (Phi) is 4.50. The molecule has 0 aliphatic carbocycles. The molecule has 16 heavy (non-hydrogen) atoms. The largest absolute Gasteiger partial charge is 0.377 e. The maximum Gasteiger partial charge on any atom is 0.128 e. The lowest BCUT2D eigenvalue weighted by molar-refractivity contribution is -0.0142. The van der Waals surface area contributed by atoms with E-state index in [2.05, 4.69) is 31.1 Å². The predicted octanol–water partition coefficient (Wildman–Crippen LogP) is 1.89. The number of aromatic nitrogens is 2. The van der Waals surface area contributed by atoms with Crippen LogP contribution in [0.2, 0.25) is 0 Å². The van der Waals surface area contributed by atoms with E-state index in [0.29, 0.717) is 0 Å². The summed E-state index contributed by atoms with van der Waals surface area (Å²) < 4.78 is 7.60. The Bertz CT molecular complexity index is 320. The minimum Gasteiger partial charge on any atom is -0.377 e. The summed E-state index contributed by atoms with van der Waals surface area (Å²) in [5.41, 5.74) is -0.270. The maximum atomic E-state index is 5.56. The normalized spacial score (nSPS) is 14.1. The van der Waals surface area contributed by atoms with Gasteiger partial charge in [-0.15, -0.1) is 0 Å². The standard InChI is InChI=1S/C12H23N3O/c1-6-7-13-10(12(2,3)16-5)11-14-8-9-15(11)4/h8-10,13H,6-7H2,1-5H3. The zero-order valence-electron chi connectivity index (χ0n) is 10.9. The number of methoxy groups -OCH3 is 1. The first-order valence-electron chi connectivity index (χ1n) is 5.78. The predicted molar refractivity (Wildman–Crippen MR) is 65.3 cm³/mol. The summed E-state index contributed by atoms with van der Waals surface area (Å²) in [4.78, 5) is 4.40. The van der Waals surface area contributed by atoms with E-state index in [9.17, 15) is 0 Å². The van der Waals surface area contributed by atoms with Crippen molar-refractivity contribution in [2.24, 2.45) is 7.05 Å². The van der Waals surface area contributed by atoms with Crippen molar-refractivity contribution in [3.8, 4) is 0 Å². The Morgan fingerprint density at radius 2 is 2.25 bits per heavy atom. The molecule has 1 aromatic heterocycles. The van der Waals surface area contributed by atoms with Gasteiger partial charge in [0.25, 0.3) is 0 Å². The molecular formula is C12H23N3O. The van der Waals surface area contributed by atoms with Gasteiger partial charge < -0.3 is 14.6 Å². The minimum absolute atomic E-state index is 0.109. The van der Waals surface area contributed by atoms with Crippen LogP contribution in [-0.2, 0) is 11.8 Å². The number of nitrogens with zero attached hydrogens (tertiary/aromatic N) is 2. The highest BCUT2D eigenvalue weighted by atomic mass is 16.5. The second kappa shape index (κ2) is 5.46. The van der Waals surface area contributed by atoms with Gasteiger partial charge >= 0.3 is 0 Å². The molecule has 1 atom stereocenters. The fraction of sp³-hybridized carbons (Fsp3) is 0.750. The summed E-state index contributed by atoms with van der Waals surface area (Å²) in [5, 5.41) is 3.50. The molecule has 1 heterocycles. The van der Waals surface area contributed by atoms with Crippen LogP contribution in [0.15, 0.2) is 12.4 Å². The second-order valence-corrected chi connectivity index (χ2v) is 4.59. The molecule has 0 saturated heterocycles. The van der Waals surface area contributed by atoms with Gasteiger partial charge in [-0.3, -0.25) is 0 Å².